The predicted molar refractivity (Wildman–Crippen MR) is 95.5 cm³/mol. The fourth-order valence-electron chi connectivity index (χ4n) is 2.02. The fourth-order valence-corrected chi connectivity index (χ4v) is 3.65. The molecule has 8 heteroatoms. The van der Waals surface area contributed by atoms with Gasteiger partial charge in [0.15, 0.2) is 11.0 Å². The van der Waals surface area contributed by atoms with E-state index < -0.39 is 0 Å². The second-order valence-electron chi connectivity index (χ2n) is 5.70. The molecule has 0 aliphatic heterocycles. The summed E-state index contributed by atoms with van der Waals surface area (Å²) in [5.41, 5.74) is 0.895. The number of aromatic nitrogens is 3. The van der Waals surface area contributed by atoms with Crippen molar-refractivity contribution in [3.8, 4) is 10.6 Å². The van der Waals surface area contributed by atoms with Gasteiger partial charge in [0.25, 0.3) is 0 Å². The minimum atomic E-state index is -0.109. The largest absolute Gasteiger partial charge is 0.339 e. The summed E-state index contributed by atoms with van der Waals surface area (Å²) in [5.74, 6) is 1.26. The first-order chi connectivity index (χ1) is 11.5. The summed E-state index contributed by atoms with van der Waals surface area (Å²) in [6.45, 7) is 6.05. The molecule has 126 valence electrons. The van der Waals surface area contributed by atoms with Crippen LogP contribution in [0.1, 0.15) is 42.8 Å². The Hall–Kier alpha value is -2.06. The van der Waals surface area contributed by atoms with E-state index in [4.69, 9.17) is 4.52 Å². The molecular formula is C16H18N4O2S2. The molecule has 1 N–H and O–H groups in total. The van der Waals surface area contributed by atoms with Gasteiger partial charge in [-0.1, -0.05) is 19.0 Å². The van der Waals surface area contributed by atoms with Gasteiger partial charge in [-0.05, 0) is 19.1 Å². The molecule has 3 aromatic rings. The molecule has 1 amide bonds. The van der Waals surface area contributed by atoms with E-state index in [0.29, 0.717) is 23.3 Å². The maximum absolute atomic E-state index is 12.0. The maximum atomic E-state index is 12.0. The third-order valence-corrected chi connectivity index (χ3v) is 5.09. The standard InChI is InChI=1S/C16H18N4O2S2/c1-9(2)15-19-14(22-20-15)7-6-13(21)18-16-17-11(8-23-16)12-5-4-10(3)24-12/h4-5,8-9H,6-7H2,1-3H3,(H,17,18,21). The van der Waals surface area contributed by atoms with Crippen molar-refractivity contribution < 1.29 is 9.32 Å². The zero-order valence-corrected chi connectivity index (χ0v) is 15.3. The first kappa shape index (κ1) is 16.8. The van der Waals surface area contributed by atoms with E-state index in [2.05, 4.69) is 33.4 Å². The lowest BCUT2D eigenvalue weighted by Crippen LogP contribution is -2.12. The summed E-state index contributed by atoms with van der Waals surface area (Å²) < 4.78 is 5.14. The van der Waals surface area contributed by atoms with Crippen molar-refractivity contribution in [1.82, 2.24) is 15.1 Å². The van der Waals surface area contributed by atoms with E-state index >= 15 is 0 Å². The molecule has 0 unspecified atom stereocenters. The highest BCUT2D eigenvalue weighted by atomic mass is 32.1. The number of carbonyl (C=O) groups is 1. The van der Waals surface area contributed by atoms with Crippen molar-refractivity contribution in [2.45, 2.75) is 39.5 Å². The normalized spacial score (nSPS) is 11.2. The van der Waals surface area contributed by atoms with Crippen LogP contribution in [0.3, 0.4) is 0 Å². The van der Waals surface area contributed by atoms with Crippen LogP contribution < -0.4 is 5.32 Å². The molecule has 3 aromatic heterocycles. The molecule has 0 aliphatic carbocycles. The minimum Gasteiger partial charge on any atom is -0.339 e. The van der Waals surface area contributed by atoms with Crippen molar-refractivity contribution in [3.05, 3.63) is 34.1 Å². The quantitative estimate of drug-likeness (QED) is 0.709. The fraction of sp³-hybridized carbons (Fsp3) is 0.375. The number of hydrogen-bond donors (Lipinski definition) is 1. The van der Waals surface area contributed by atoms with E-state index in [0.717, 1.165) is 10.6 Å². The Kier molecular flexibility index (Phi) is 5.06. The van der Waals surface area contributed by atoms with Crippen LogP contribution in [0.25, 0.3) is 10.6 Å². The number of thiazole rings is 1. The van der Waals surface area contributed by atoms with Gasteiger partial charge in [0.05, 0.1) is 10.6 Å². The lowest BCUT2D eigenvalue weighted by Gasteiger charge is -1.99. The Balaban J connectivity index is 1.54. The van der Waals surface area contributed by atoms with Crippen LogP contribution >= 0.6 is 22.7 Å². The Morgan fingerprint density at radius 2 is 2.17 bits per heavy atom. The van der Waals surface area contributed by atoms with Crippen molar-refractivity contribution >= 4 is 33.7 Å². The topological polar surface area (TPSA) is 80.9 Å². The van der Waals surface area contributed by atoms with Crippen LogP contribution in [0.15, 0.2) is 22.0 Å². The van der Waals surface area contributed by atoms with Crippen LogP contribution in [-0.4, -0.2) is 21.0 Å². The van der Waals surface area contributed by atoms with E-state index in [1.807, 2.05) is 25.3 Å². The summed E-state index contributed by atoms with van der Waals surface area (Å²) in [4.78, 5) is 23.1. The van der Waals surface area contributed by atoms with E-state index in [9.17, 15) is 4.79 Å². The van der Waals surface area contributed by atoms with Crippen LogP contribution in [0.5, 0.6) is 0 Å². The monoisotopic (exact) mass is 362 g/mol. The molecule has 0 atom stereocenters. The van der Waals surface area contributed by atoms with Crippen LogP contribution in [0.4, 0.5) is 5.13 Å². The van der Waals surface area contributed by atoms with Gasteiger partial charge in [-0.2, -0.15) is 4.98 Å². The third kappa shape index (κ3) is 4.07. The van der Waals surface area contributed by atoms with Gasteiger partial charge < -0.3 is 9.84 Å². The van der Waals surface area contributed by atoms with Crippen molar-refractivity contribution in [2.24, 2.45) is 0 Å². The molecule has 3 heterocycles. The molecule has 24 heavy (non-hydrogen) atoms. The van der Waals surface area contributed by atoms with Gasteiger partial charge in [0.1, 0.15) is 0 Å². The molecule has 0 aliphatic rings. The van der Waals surface area contributed by atoms with Crippen LogP contribution in [0, 0.1) is 6.92 Å². The Morgan fingerprint density at radius 3 is 2.83 bits per heavy atom. The second kappa shape index (κ2) is 7.23. The highest BCUT2D eigenvalue weighted by Crippen LogP contribution is 2.30. The summed E-state index contributed by atoms with van der Waals surface area (Å²) in [5, 5.41) is 9.27. The molecule has 0 saturated heterocycles. The summed E-state index contributed by atoms with van der Waals surface area (Å²) in [6, 6.07) is 4.11. The molecule has 3 rings (SSSR count). The minimum absolute atomic E-state index is 0.109. The number of nitrogens with zero attached hydrogens (tertiary/aromatic N) is 3. The van der Waals surface area contributed by atoms with Gasteiger partial charge in [-0.15, -0.1) is 22.7 Å². The van der Waals surface area contributed by atoms with Gasteiger partial charge in [-0.25, -0.2) is 4.98 Å². The van der Waals surface area contributed by atoms with E-state index in [-0.39, 0.29) is 18.2 Å². The first-order valence-corrected chi connectivity index (χ1v) is 9.35. The first-order valence-electron chi connectivity index (χ1n) is 7.66. The summed E-state index contributed by atoms with van der Waals surface area (Å²) in [7, 11) is 0. The SMILES string of the molecule is Cc1ccc(-c2csc(NC(=O)CCc3nc(C(C)C)no3)n2)s1. The maximum Gasteiger partial charge on any atom is 0.227 e. The highest BCUT2D eigenvalue weighted by Gasteiger charge is 2.13. The molecule has 0 spiro atoms. The number of rotatable bonds is 6. The number of carbonyl (C=O) groups excluding carboxylic acids is 1. The molecule has 0 fully saturated rings. The zero-order chi connectivity index (χ0) is 17.1. The molecule has 0 bridgehead atoms. The predicted octanol–water partition coefficient (Wildman–Crippen LogP) is 4.26. The van der Waals surface area contributed by atoms with E-state index in [1.165, 1.54) is 16.2 Å². The van der Waals surface area contributed by atoms with Gasteiger partial charge in [0.2, 0.25) is 11.8 Å². The Morgan fingerprint density at radius 1 is 1.33 bits per heavy atom. The van der Waals surface area contributed by atoms with Crippen LogP contribution in [-0.2, 0) is 11.2 Å². The van der Waals surface area contributed by atoms with Gasteiger partial charge in [-0.3, -0.25) is 4.79 Å². The number of aryl methyl sites for hydroxylation is 2. The molecule has 0 saturated carbocycles. The number of anilines is 1. The number of hydrogen-bond acceptors (Lipinski definition) is 7. The molecule has 6 nitrogen and oxygen atoms in total. The molecule has 0 radical (unpaired) electrons. The highest BCUT2D eigenvalue weighted by molar-refractivity contribution is 7.17. The van der Waals surface area contributed by atoms with Crippen LogP contribution in [0.2, 0.25) is 0 Å². The zero-order valence-electron chi connectivity index (χ0n) is 13.7. The molecular weight excluding hydrogens is 344 g/mol. The van der Waals surface area contributed by atoms with Crippen molar-refractivity contribution in [3.63, 3.8) is 0 Å². The summed E-state index contributed by atoms with van der Waals surface area (Å²) >= 11 is 3.11. The number of amides is 1. The number of nitrogens with one attached hydrogen (secondary N) is 1. The van der Waals surface area contributed by atoms with Crippen molar-refractivity contribution in [1.29, 1.82) is 0 Å². The summed E-state index contributed by atoms with van der Waals surface area (Å²) in [6.07, 6.45) is 0.709. The lowest BCUT2D eigenvalue weighted by molar-refractivity contribution is -0.116. The third-order valence-electron chi connectivity index (χ3n) is 3.31. The average Bonchev–Trinajstić information content (AvgIpc) is 3.25. The molecule has 0 aromatic carbocycles. The number of thiophene rings is 1. The van der Waals surface area contributed by atoms with Crippen molar-refractivity contribution in [2.75, 3.05) is 5.32 Å². The lowest BCUT2D eigenvalue weighted by atomic mass is 10.2. The smallest absolute Gasteiger partial charge is 0.227 e. The Labute approximate surface area is 147 Å². The van der Waals surface area contributed by atoms with Gasteiger partial charge in [0, 0.05) is 29.0 Å². The van der Waals surface area contributed by atoms with Gasteiger partial charge >= 0.3 is 0 Å². The Bertz CT molecular complexity index is 835. The second-order valence-corrected chi connectivity index (χ2v) is 7.84. The van der Waals surface area contributed by atoms with E-state index in [1.54, 1.807) is 11.3 Å². The average molecular weight is 362 g/mol.